The van der Waals surface area contributed by atoms with Crippen LogP contribution in [0.1, 0.15) is 72.1 Å². The fraction of sp³-hybridized carbons (Fsp3) is 0.917. The predicted octanol–water partition coefficient (Wildman–Crippen LogP) is -0.0948. The summed E-state index contributed by atoms with van der Waals surface area (Å²) in [5, 5.41) is 75.7. The molecule has 0 bridgehead atoms. The van der Waals surface area contributed by atoms with E-state index in [0.717, 1.165) is 50.5 Å². The van der Waals surface area contributed by atoms with Crippen molar-refractivity contribution in [2.24, 2.45) is 34.5 Å². The van der Waals surface area contributed by atoms with Crippen molar-refractivity contribution in [3.63, 3.8) is 0 Å². The van der Waals surface area contributed by atoms with Crippen LogP contribution in [-0.2, 0) is 33.2 Å². The van der Waals surface area contributed by atoms with Gasteiger partial charge in [-0.2, -0.15) is 0 Å². The summed E-state index contributed by atoms with van der Waals surface area (Å²) in [6, 6.07) is 0. The molecule has 3 aliphatic heterocycles. The van der Waals surface area contributed by atoms with Gasteiger partial charge in [0.15, 0.2) is 12.6 Å². The van der Waals surface area contributed by atoms with Crippen molar-refractivity contribution in [2.75, 3.05) is 20.3 Å². The van der Waals surface area contributed by atoms with Crippen LogP contribution in [-0.4, -0.2) is 141 Å². The number of fused-ring (bicyclic) bond motifs is 5. The molecule has 2 saturated heterocycles. The number of esters is 1. The molecular formula is C36H56O14. The maximum Gasteiger partial charge on any atom is 0.331 e. The second-order valence-electron chi connectivity index (χ2n) is 16.7. The normalized spacial score (nSPS) is 55.1. The number of aliphatic hydroxyl groups is 7. The molecule has 284 valence electrons. The van der Waals surface area contributed by atoms with Crippen molar-refractivity contribution in [2.45, 2.75) is 151 Å². The van der Waals surface area contributed by atoms with E-state index in [2.05, 4.69) is 13.8 Å². The van der Waals surface area contributed by atoms with Crippen LogP contribution in [0.2, 0.25) is 0 Å². The highest BCUT2D eigenvalue weighted by Crippen LogP contribution is 2.70. The molecule has 50 heavy (non-hydrogen) atoms. The topological polar surface area (TPSA) is 214 Å². The van der Waals surface area contributed by atoms with E-state index in [-0.39, 0.29) is 41.8 Å². The first-order valence-corrected chi connectivity index (χ1v) is 18.4. The first-order chi connectivity index (χ1) is 23.7. The van der Waals surface area contributed by atoms with Crippen molar-refractivity contribution in [1.29, 1.82) is 0 Å². The van der Waals surface area contributed by atoms with Gasteiger partial charge in [0, 0.05) is 30.9 Å². The lowest BCUT2D eigenvalue weighted by atomic mass is 9.43. The van der Waals surface area contributed by atoms with Crippen LogP contribution in [0, 0.1) is 34.5 Å². The number of methoxy groups -OCH3 is 1. The molecule has 0 aromatic heterocycles. The van der Waals surface area contributed by atoms with E-state index in [1.807, 2.05) is 0 Å². The minimum atomic E-state index is -1.61. The van der Waals surface area contributed by atoms with E-state index in [1.54, 1.807) is 6.92 Å². The summed E-state index contributed by atoms with van der Waals surface area (Å²) in [4.78, 5) is 11.9. The standard InChI is InChI=1S/C36H56O14/c1-16-30(50-32-28(42)27(41)26(40)23(14-37)49-32)31(45-4)29(43)33(47-16)48-19-7-9-34(2)18(12-19)5-6-21-20(34)8-10-35(3)25(17-11-24(39)46-15-17)22(38)13-36(21,35)44/h11,16,18-23,25-33,37-38,40-44H,5-10,12-15H2,1-4H3/t16-,18-,19+,20+,21-,22+,23-,25+,26-,27+,28-,29-,30-,31-,32+,33+,34+,35-,36+/m1/s1. The molecule has 14 nitrogen and oxygen atoms in total. The number of cyclic esters (lactones) is 1. The van der Waals surface area contributed by atoms with Crippen LogP contribution in [0.15, 0.2) is 11.6 Å². The molecule has 6 fully saturated rings. The second-order valence-corrected chi connectivity index (χ2v) is 16.7. The molecule has 0 radical (unpaired) electrons. The minimum Gasteiger partial charge on any atom is -0.458 e. The van der Waals surface area contributed by atoms with Crippen LogP contribution in [0.25, 0.3) is 0 Å². The quantitative estimate of drug-likeness (QED) is 0.136. The summed E-state index contributed by atoms with van der Waals surface area (Å²) < 4.78 is 35.0. The van der Waals surface area contributed by atoms with Gasteiger partial charge in [-0.05, 0) is 80.6 Å². The van der Waals surface area contributed by atoms with E-state index in [4.69, 9.17) is 28.4 Å². The molecule has 4 saturated carbocycles. The number of ether oxygens (including phenoxy) is 6. The predicted molar refractivity (Wildman–Crippen MR) is 172 cm³/mol. The highest BCUT2D eigenvalue weighted by atomic mass is 16.7. The number of hydrogen-bond donors (Lipinski definition) is 7. The number of carbonyl (C=O) groups excluding carboxylic acids is 1. The summed E-state index contributed by atoms with van der Waals surface area (Å²) in [6.07, 6.45) is -5.43. The average Bonchev–Trinajstić information content (AvgIpc) is 3.59. The summed E-state index contributed by atoms with van der Waals surface area (Å²) in [7, 11) is 1.42. The third-order valence-electron chi connectivity index (χ3n) is 14.4. The molecule has 0 spiro atoms. The average molecular weight is 713 g/mol. The van der Waals surface area contributed by atoms with Gasteiger partial charge < -0.3 is 64.2 Å². The summed E-state index contributed by atoms with van der Waals surface area (Å²) in [5.41, 5.74) is -0.841. The van der Waals surface area contributed by atoms with Gasteiger partial charge in [-0.1, -0.05) is 13.8 Å². The smallest absolute Gasteiger partial charge is 0.331 e. The lowest BCUT2D eigenvalue weighted by molar-refractivity contribution is -0.362. The van der Waals surface area contributed by atoms with Crippen LogP contribution in [0.5, 0.6) is 0 Å². The van der Waals surface area contributed by atoms with Gasteiger partial charge in [0.2, 0.25) is 0 Å². The largest absolute Gasteiger partial charge is 0.458 e. The molecule has 19 atom stereocenters. The fourth-order valence-electron chi connectivity index (χ4n) is 11.7. The van der Waals surface area contributed by atoms with Crippen LogP contribution in [0.3, 0.4) is 0 Å². The van der Waals surface area contributed by atoms with Crippen LogP contribution < -0.4 is 0 Å². The first kappa shape index (κ1) is 37.1. The Labute approximate surface area is 292 Å². The van der Waals surface area contributed by atoms with Crippen molar-refractivity contribution in [3.8, 4) is 0 Å². The van der Waals surface area contributed by atoms with Crippen molar-refractivity contribution in [1.82, 2.24) is 0 Å². The molecule has 0 aromatic rings. The zero-order valence-electron chi connectivity index (χ0n) is 29.4. The summed E-state index contributed by atoms with van der Waals surface area (Å²) >= 11 is 0. The molecular weight excluding hydrogens is 656 g/mol. The fourth-order valence-corrected chi connectivity index (χ4v) is 11.7. The van der Waals surface area contributed by atoms with Crippen LogP contribution in [0.4, 0.5) is 0 Å². The van der Waals surface area contributed by atoms with Gasteiger partial charge >= 0.3 is 5.97 Å². The number of rotatable bonds is 7. The van der Waals surface area contributed by atoms with E-state index in [9.17, 15) is 40.5 Å². The van der Waals surface area contributed by atoms with Crippen molar-refractivity contribution >= 4 is 5.97 Å². The number of aliphatic hydroxyl groups excluding tert-OH is 6. The molecule has 7 aliphatic rings. The van der Waals surface area contributed by atoms with E-state index >= 15 is 0 Å². The number of hydrogen-bond acceptors (Lipinski definition) is 14. The van der Waals surface area contributed by atoms with Gasteiger partial charge in [-0.15, -0.1) is 0 Å². The zero-order valence-corrected chi connectivity index (χ0v) is 29.4. The van der Waals surface area contributed by atoms with E-state index in [1.165, 1.54) is 13.2 Å². The SMILES string of the molecule is CO[C@@H]1[C@@H](O)[C@H](O[C@H]2CC[C@@]3(C)[C@H](CC[C@@H]4[C@@H]3CC[C@]3(C)[C@@H](C5=CC(=O)OC5)[C@@H](O)C[C@]43O)C2)O[C@H](C)[C@H]1O[C@@H]1O[C@H](CO)[C@@H](O)[C@H](O)[C@H]1O. The third kappa shape index (κ3) is 5.72. The summed E-state index contributed by atoms with van der Waals surface area (Å²) in [5.74, 6) is -0.0506. The van der Waals surface area contributed by atoms with Gasteiger partial charge in [0.05, 0.1) is 30.5 Å². The van der Waals surface area contributed by atoms with Crippen LogP contribution >= 0.6 is 0 Å². The molecule has 0 amide bonds. The maximum absolute atomic E-state index is 12.5. The lowest BCUT2D eigenvalue weighted by Gasteiger charge is -2.63. The molecule has 0 unspecified atom stereocenters. The molecule has 14 heteroatoms. The molecule has 0 aromatic carbocycles. The van der Waals surface area contributed by atoms with E-state index in [0.29, 0.717) is 12.3 Å². The Kier molecular flexibility index (Phi) is 10.0. The molecule has 7 rings (SSSR count). The maximum atomic E-state index is 12.5. The Morgan fingerprint density at radius 2 is 1.62 bits per heavy atom. The third-order valence-corrected chi connectivity index (χ3v) is 14.4. The van der Waals surface area contributed by atoms with E-state index < -0.39 is 85.1 Å². The van der Waals surface area contributed by atoms with Gasteiger partial charge in [-0.3, -0.25) is 0 Å². The minimum absolute atomic E-state index is 0.0330. The monoisotopic (exact) mass is 712 g/mol. The Morgan fingerprint density at radius 3 is 2.30 bits per heavy atom. The van der Waals surface area contributed by atoms with Gasteiger partial charge in [0.25, 0.3) is 0 Å². The Balaban J connectivity index is 1.000. The molecule has 4 aliphatic carbocycles. The second kappa shape index (κ2) is 13.5. The Bertz CT molecular complexity index is 1300. The highest BCUT2D eigenvalue weighted by molar-refractivity contribution is 5.85. The zero-order chi connectivity index (χ0) is 35.9. The van der Waals surface area contributed by atoms with Crippen molar-refractivity contribution < 1.29 is 69.0 Å². The highest BCUT2D eigenvalue weighted by Gasteiger charge is 2.70. The first-order valence-electron chi connectivity index (χ1n) is 18.4. The molecule has 3 heterocycles. The lowest BCUT2D eigenvalue weighted by Crippen LogP contribution is -2.64. The number of carbonyl (C=O) groups is 1. The van der Waals surface area contributed by atoms with Crippen molar-refractivity contribution in [3.05, 3.63) is 11.6 Å². The summed E-state index contributed by atoms with van der Waals surface area (Å²) in [6.45, 7) is 5.74. The van der Waals surface area contributed by atoms with Gasteiger partial charge in [-0.25, -0.2) is 4.79 Å². The Morgan fingerprint density at radius 1 is 0.880 bits per heavy atom. The van der Waals surface area contributed by atoms with Gasteiger partial charge in [0.1, 0.15) is 49.3 Å². The molecule has 7 N–H and O–H groups in total. The Hall–Kier alpha value is -1.27.